The van der Waals surface area contributed by atoms with Crippen LogP contribution in [0.4, 0.5) is 0 Å². The molecule has 0 saturated heterocycles. The number of para-hydroxylation sites is 3. The summed E-state index contributed by atoms with van der Waals surface area (Å²) in [6.45, 7) is 4.76. The Labute approximate surface area is 301 Å². The van der Waals surface area contributed by atoms with E-state index in [0.29, 0.717) is 0 Å². The molecule has 0 fully saturated rings. The van der Waals surface area contributed by atoms with E-state index in [4.69, 9.17) is 9.97 Å². The predicted molar refractivity (Wildman–Crippen MR) is 217 cm³/mol. The molecule has 2 heterocycles. The molecule has 3 heteroatoms. The Morgan fingerprint density at radius 3 is 1.90 bits per heavy atom. The second-order valence-corrected chi connectivity index (χ2v) is 14.6. The Morgan fingerprint density at radius 1 is 0.442 bits per heavy atom. The first-order valence-electron chi connectivity index (χ1n) is 18.0. The highest BCUT2D eigenvalue weighted by Crippen LogP contribution is 2.53. The summed E-state index contributed by atoms with van der Waals surface area (Å²) >= 11 is 0. The molecule has 0 bridgehead atoms. The zero-order chi connectivity index (χ0) is 34.6. The van der Waals surface area contributed by atoms with Crippen molar-refractivity contribution < 1.29 is 0 Å². The first-order chi connectivity index (χ1) is 25.6. The van der Waals surface area contributed by atoms with Gasteiger partial charge < -0.3 is 4.57 Å². The highest BCUT2D eigenvalue weighted by Gasteiger charge is 2.37. The number of rotatable bonds is 3. The van der Waals surface area contributed by atoms with Crippen molar-refractivity contribution in [3.63, 3.8) is 0 Å². The third kappa shape index (κ3) is 4.02. The number of benzene rings is 8. The third-order valence-corrected chi connectivity index (χ3v) is 11.4. The van der Waals surface area contributed by atoms with Gasteiger partial charge in [-0.2, -0.15) is 0 Å². The topological polar surface area (TPSA) is 30.7 Å². The number of fused-ring (bicyclic) bond motifs is 10. The van der Waals surface area contributed by atoms with E-state index < -0.39 is 0 Å². The number of aromatic nitrogens is 3. The molecule has 0 atom stereocenters. The van der Waals surface area contributed by atoms with Crippen LogP contribution in [0, 0.1) is 0 Å². The molecule has 0 unspecified atom stereocenters. The molecule has 0 aliphatic heterocycles. The van der Waals surface area contributed by atoms with Gasteiger partial charge in [0.05, 0.1) is 39.1 Å². The minimum absolute atomic E-state index is 0.140. The van der Waals surface area contributed by atoms with Crippen LogP contribution in [0.25, 0.3) is 93.7 Å². The smallest absolute Gasteiger partial charge is 0.0979 e. The SMILES string of the molecule is CC1(C)c2cc3c(cc2-c2c1ccc1ccccc21)c1ccccc1n3-c1ccc(-c2nc3ccccc3nc2-c2ccccc2)c2ccccc12. The fourth-order valence-corrected chi connectivity index (χ4v) is 8.90. The first kappa shape index (κ1) is 29.2. The van der Waals surface area contributed by atoms with E-state index in [1.54, 1.807) is 0 Å². The van der Waals surface area contributed by atoms with E-state index in [2.05, 4.69) is 158 Å². The second kappa shape index (κ2) is 10.7. The Balaban J connectivity index is 1.20. The molecule has 1 aliphatic rings. The lowest BCUT2D eigenvalue weighted by molar-refractivity contribution is 0.661. The molecule has 0 N–H and O–H groups in total. The van der Waals surface area contributed by atoms with Crippen molar-refractivity contribution in [2.24, 2.45) is 0 Å². The molecule has 52 heavy (non-hydrogen) atoms. The van der Waals surface area contributed by atoms with Crippen molar-refractivity contribution in [1.82, 2.24) is 14.5 Å². The summed E-state index contributed by atoms with van der Waals surface area (Å²) in [6.07, 6.45) is 0. The molecule has 10 aromatic rings. The molecule has 3 nitrogen and oxygen atoms in total. The molecule has 11 rings (SSSR count). The highest BCUT2D eigenvalue weighted by molar-refractivity contribution is 6.15. The van der Waals surface area contributed by atoms with Crippen LogP contribution in [-0.4, -0.2) is 14.5 Å². The summed E-state index contributed by atoms with van der Waals surface area (Å²) in [5.74, 6) is 0. The average Bonchev–Trinajstić information content (AvgIpc) is 3.64. The van der Waals surface area contributed by atoms with Crippen LogP contribution in [0.15, 0.2) is 164 Å². The van der Waals surface area contributed by atoms with E-state index in [-0.39, 0.29) is 5.41 Å². The second-order valence-electron chi connectivity index (χ2n) is 14.6. The van der Waals surface area contributed by atoms with Crippen LogP contribution >= 0.6 is 0 Å². The number of hydrogen-bond acceptors (Lipinski definition) is 2. The van der Waals surface area contributed by atoms with Gasteiger partial charge in [-0.05, 0) is 80.9 Å². The molecule has 1 aliphatic carbocycles. The van der Waals surface area contributed by atoms with Crippen LogP contribution < -0.4 is 0 Å². The summed E-state index contributed by atoms with van der Waals surface area (Å²) in [7, 11) is 0. The molecule has 0 spiro atoms. The van der Waals surface area contributed by atoms with Gasteiger partial charge in [0, 0.05) is 32.7 Å². The van der Waals surface area contributed by atoms with Gasteiger partial charge in [-0.3, -0.25) is 0 Å². The largest absolute Gasteiger partial charge is 0.309 e. The number of nitrogens with zero attached hydrogens (tertiary/aromatic N) is 3. The minimum Gasteiger partial charge on any atom is -0.309 e. The summed E-state index contributed by atoms with van der Waals surface area (Å²) in [5.41, 5.74) is 14.6. The van der Waals surface area contributed by atoms with Crippen LogP contribution in [0.1, 0.15) is 25.0 Å². The zero-order valence-electron chi connectivity index (χ0n) is 28.9. The minimum atomic E-state index is -0.140. The lowest BCUT2D eigenvalue weighted by atomic mass is 9.82. The quantitative estimate of drug-likeness (QED) is 0.188. The maximum absolute atomic E-state index is 5.29. The maximum Gasteiger partial charge on any atom is 0.0979 e. The third-order valence-electron chi connectivity index (χ3n) is 11.4. The molecule has 244 valence electrons. The van der Waals surface area contributed by atoms with Gasteiger partial charge in [0.15, 0.2) is 0 Å². The zero-order valence-corrected chi connectivity index (χ0v) is 28.9. The fourth-order valence-electron chi connectivity index (χ4n) is 8.90. The first-order valence-corrected chi connectivity index (χ1v) is 18.0. The van der Waals surface area contributed by atoms with Gasteiger partial charge in [0.25, 0.3) is 0 Å². The Kier molecular flexibility index (Phi) is 6.01. The number of hydrogen-bond donors (Lipinski definition) is 0. The average molecular weight is 664 g/mol. The lowest BCUT2D eigenvalue weighted by Crippen LogP contribution is -2.15. The van der Waals surface area contributed by atoms with Gasteiger partial charge in [-0.1, -0.05) is 135 Å². The summed E-state index contributed by atoms with van der Waals surface area (Å²) in [4.78, 5) is 10.5. The lowest BCUT2D eigenvalue weighted by Gasteiger charge is -2.22. The Morgan fingerprint density at radius 2 is 1.10 bits per heavy atom. The highest BCUT2D eigenvalue weighted by atomic mass is 15.0. The molecule has 0 radical (unpaired) electrons. The molecular formula is C49H33N3. The molecule has 0 amide bonds. The summed E-state index contributed by atoms with van der Waals surface area (Å²) < 4.78 is 2.48. The van der Waals surface area contributed by atoms with Crippen LogP contribution in [-0.2, 0) is 5.41 Å². The van der Waals surface area contributed by atoms with E-state index in [1.807, 2.05) is 24.3 Å². The van der Waals surface area contributed by atoms with E-state index in [9.17, 15) is 0 Å². The monoisotopic (exact) mass is 663 g/mol. The van der Waals surface area contributed by atoms with Gasteiger partial charge in [0.1, 0.15) is 0 Å². The molecule has 8 aromatic carbocycles. The van der Waals surface area contributed by atoms with Gasteiger partial charge in [-0.15, -0.1) is 0 Å². The molecule has 0 saturated carbocycles. The maximum atomic E-state index is 5.29. The van der Waals surface area contributed by atoms with Crippen LogP contribution in [0.3, 0.4) is 0 Å². The van der Waals surface area contributed by atoms with E-state index in [0.717, 1.165) is 44.6 Å². The molecular weight excluding hydrogens is 631 g/mol. The fraction of sp³-hybridized carbons (Fsp3) is 0.0612. The van der Waals surface area contributed by atoms with Crippen molar-refractivity contribution in [1.29, 1.82) is 0 Å². The van der Waals surface area contributed by atoms with E-state index in [1.165, 1.54) is 60.2 Å². The summed E-state index contributed by atoms with van der Waals surface area (Å²) in [5, 5.41) is 7.45. The van der Waals surface area contributed by atoms with E-state index >= 15 is 0 Å². The standard InChI is InChI=1S/C49H33N3/c1-49(2)39-26-24-30-14-6-7-17-32(30)46(39)38-28-37-35-20-10-13-23-43(35)52(45(37)29-40(38)49)44-27-25-36(33-18-8-9-19-34(33)44)48-47(31-15-4-3-5-16-31)50-41-21-11-12-22-42(41)51-48/h3-29H,1-2H3. The van der Waals surface area contributed by atoms with Crippen molar-refractivity contribution in [3.8, 4) is 39.3 Å². The van der Waals surface area contributed by atoms with Crippen molar-refractivity contribution in [2.45, 2.75) is 19.3 Å². The summed E-state index contributed by atoms with van der Waals surface area (Å²) in [6, 6.07) is 59.1. The van der Waals surface area contributed by atoms with Crippen LogP contribution in [0.2, 0.25) is 0 Å². The normalized spacial score (nSPS) is 13.3. The Hall–Kier alpha value is -6.58. The van der Waals surface area contributed by atoms with Gasteiger partial charge in [0.2, 0.25) is 0 Å². The van der Waals surface area contributed by atoms with Crippen molar-refractivity contribution >= 4 is 54.4 Å². The van der Waals surface area contributed by atoms with Crippen LogP contribution in [0.5, 0.6) is 0 Å². The van der Waals surface area contributed by atoms with Gasteiger partial charge >= 0.3 is 0 Å². The predicted octanol–water partition coefficient (Wildman–Crippen LogP) is 12.7. The van der Waals surface area contributed by atoms with Crippen molar-refractivity contribution in [2.75, 3.05) is 0 Å². The van der Waals surface area contributed by atoms with Gasteiger partial charge in [-0.25, -0.2) is 9.97 Å². The Bertz CT molecular complexity index is 3100. The van der Waals surface area contributed by atoms with Crippen molar-refractivity contribution in [3.05, 3.63) is 175 Å². The molecule has 2 aromatic heterocycles.